The van der Waals surface area contributed by atoms with Crippen LogP contribution in [-0.2, 0) is 10.0 Å². The summed E-state index contributed by atoms with van der Waals surface area (Å²) in [6.45, 7) is 4.46. The van der Waals surface area contributed by atoms with Crippen molar-refractivity contribution >= 4 is 10.0 Å². The summed E-state index contributed by atoms with van der Waals surface area (Å²) in [7, 11) is -4.41. The molecule has 0 radical (unpaired) electrons. The van der Waals surface area contributed by atoms with Crippen LogP contribution in [0.3, 0.4) is 0 Å². The Labute approximate surface area is 151 Å². The molecule has 1 heterocycles. The van der Waals surface area contributed by atoms with Gasteiger partial charge in [-0.25, -0.2) is 21.9 Å². The van der Waals surface area contributed by atoms with Crippen LogP contribution in [0.1, 0.15) is 25.5 Å². The number of benzene rings is 2. The minimum absolute atomic E-state index is 0.179. The van der Waals surface area contributed by atoms with Gasteiger partial charge in [-0.3, -0.25) is 0 Å². The molecule has 0 bridgehead atoms. The van der Waals surface area contributed by atoms with E-state index in [4.69, 9.17) is 9.47 Å². The van der Waals surface area contributed by atoms with Gasteiger partial charge in [-0.05, 0) is 35.7 Å². The molecule has 1 atom stereocenters. The highest BCUT2D eigenvalue weighted by atomic mass is 32.2. The van der Waals surface area contributed by atoms with Gasteiger partial charge in [-0.2, -0.15) is 0 Å². The molecule has 2 aromatic carbocycles. The summed E-state index contributed by atoms with van der Waals surface area (Å²) < 4.78 is 66.5. The van der Waals surface area contributed by atoms with Crippen molar-refractivity contribution in [2.75, 3.05) is 13.2 Å². The van der Waals surface area contributed by atoms with Crippen LogP contribution in [0.4, 0.5) is 8.78 Å². The van der Waals surface area contributed by atoms with E-state index in [-0.39, 0.29) is 5.92 Å². The maximum absolute atomic E-state index is 13.9. The van der Waals surface area contributed by atoms with Gasteiger partial charge in [0.2, 0.25) is 10.0 Å². The molecule has 3 rings (SSSR count). The molecular formula is C18H19F2NO4S. The summed E-state index contributed by atoms with van der Waals surface area (Å²) in [6, 6.07) is 7.31. The fourth-order valence-corrected chi connectivity index (χ4v) is 4.32. The molecule has 0 amide bonds. The molecular weight excluding hydrogens is 364 g/mol. The van der Waals surface area contributed by atoms with Crippen LogP contribution in [0.25, 0.3) is 0 Å². The van der Waals surface area contributed by atoms with E-state index in [0.717, 1.165) is 18.2 Å². The van der Waals surface area contributed by atoms with Crippen LogP contribution < -0.4 is 14.2 Å². The lowest BCUT2D eigenvalue weighted by Crippen LogP contribution is -2.33. The molecule has 26 heavy (non-hydrogen) atoms. The Balaban J connectivity index is 1.97. The highest BCUT2D eigenvalue weighted by Gasteiger charge is 2.29. The Morgan fingerprint density at radius 2 is 1.62 bits per heavy atom. The summed E-state index contributed by atoms with van der Waals surface area (Å²) in [5.41, 5.74) is 0.615. The zero-order chi connectivity index (χ0) is 18.9. The molecule has 1 N–H and O–H groups in total. The molecule has 140 valence electrons. The first-order valence-electron chi connectivity index (χ1n) is 8.15. The van der Waals surface area contributed by atoms with E-state index in [2.05, 4.69) is 4.72 Å². The molecule has 1 aliphatic rings. The quantitative estimate of drug-likeness (QED) is 0.859. The third-order valence-corrected chi connectivity index (χ3v) is 5.55. The third kappa shape index (κ3) is 3.66. The van der Waals surface area contributed by atoms with Crippen molar-refractivity contribution in [2.45, 2.75) is 24.8 Å². The third-order valence-electron chi connectivity index (χ3n) is 4.06. The van der Waals surface area contributed by atoms with Crippen LogP contribution in [0.5, 0.6) is 11.5 Å². The second-order valence-electron chi connectivity index (χ2n) is 6.30. The van der Waals surface area contributed by atoms with Crippen molar-refractivity contribution in [1.29, 1.82) is 0 Å². The molecule has 0 unspecified atom stereocenters. The van der Waals surface area contributed by atoms with Gasteiger partial charge in [0.15, 0.2) is 16.4 Å². The molecule has 0 fully saturated rings. The second kappa shape index (κ2) is 7.20. The minimum Gasteiger partial charge on any atom is -0.486 e. The van der Waals surface area contributed by atoms with Gasteiger partial charge in [-0.15, -0.1) is 0 Å². The number of ether oxygens (including phenoxy) is 2. The first-order valence-corrected chi connectivity index (χ1v) is 9.64. The van der Waals surface area contributed by atoms with Crippen LogP contribution in [0.2, 0.25) is 0 Å². The van der Waals surface area contributed by atoms with Gasteiger partial charge in [0.25, 0.3) is 0 Å². The molecule has 8 heteroatoms. The Bertz CT molecular complexity index is 895. The number of sulfonamides is 1. The minimum atomic E-state index is -4.41. The maximum atomic E-state index is 13.9. The zero-order valence-corrected chi connectivity index (χ0v) is 15.1. The molecule has 2 aromatic rings. The van der Waals surface area contributed by atoms with Crippen LogP contribution in [0.15, 0.2) is 41.3 Å². The molecule has 0 aromatic heterocycles. The predicted molar refractivity (Wildman–Crippen MR) is 91.7 cm³/mol. The fraction of sp³-hybridized carbons (Fsp3) is 0.333. The van der Waals surface area contributed by atoms with Gasteiger partial charge < -0.3 is 9.47 Å². The molecule has 0 spiro atoms. The van der Waals surface area contributed by atoms with Crippen molar-refractivity contribution in [3.05, 3.63) is 53.6 Å². The second-order valence-corrected chi connectivity index (χ2v) is 7.95. The Morgan fingerprint density at radius 3 is 2.23 bits per heavy atom. The summed E-state index contributed by atoms with van der Waals surface area (Å²) in [6.07, 6.45) is 0. The van der Waals surface area contributed by atoms with Gasteiger partial charge in [0.1, 0.15) is 24.8 Å². The Hall–Kier alpha value is -2.19. The summed E-state index contributed by atoms with van der Waals surface area (Å²) >= 11 is 0. The van der Waals surface area contributed by atoms with Gasteiger partial charge in [0, 0.05) is 6.04 Å². The largest absolute Gasteiger partial charge is 0.486 e. The van der Waals surface area contributed by atoms with E-state index in [1.54, 1.807) is 18.2 Å². The molecule has 5 nitrogen and oxygen atoms in total. The van der Waals surface area contributed by atoms with Crippen molar-refractivity contribution in [3.63, 3.8) is 0 Å². The van der Waals surface area contributed by atoms with Gasteiger partial charge in [-0.1, -0.05) is 26.0 Å². The van der Waals surface area contributed by atoms with Crippen LogP contribution in [-0.4, -0.2) is 21.6 Å². The van der Waals surface area contributed by atoms with E-state index in [9.17, 15) is 17.2 Å². The monoisotopic (exact) mass is 383 g/mol. The van der Waals surface area contributed by atoms with Crippen molar-refractivity contribution in [3.8, 4) is 11.5 Å². The number of hydrogen-bond acceptors (Lipinski definition) is 4. The fourth-order valence-electron chi connectivity index (χ4n) is 2.81. The molecule has 0 aliphatic carbocycles. The van der Waals surface area contributed by atoms with Crippen molar-refractivity contribution < 1.29 is 26.7 Å². The maximum Gasteiger partial charge on any atom is 0.246 e. The Morgan fingerprint density at radius 1 is 1.00 bits per heavy atom. The van der Waals surface area contributed by atoms with E-state index in [1.807, 2.05) is 13.8 Å². The molecule has 0 saturated heterocycles. The normalized spacial score (nSPS) is 15.1. The molecule has 1 aliphatic heterocycles. The summed E-state index contributed by atoms with van der Waals surface area (Å²) in [5, 5.41) is 0. The van der Waals surface area contributed by atoms with Gasteiger partial charge >= 0.3 is 0 Å². The SMILES string of the molecule is CC(C)[C@H](NS(=O)(=O)c1c(F)cccc1F)c1ccc2c(c1)OCCO2. The van der Waals surface area contributed by atoms with E-state index in [0.29, 0.717) is 30.3 Å². The lowest BCUT2D eigenvalue weighted by molar-refractivity contribution is 0.171. The standard InChI is InChI=1S/C18H19F2NO4S/c1-11(2)17(12-6-7-15-16(10-12)25-9-8-24-15)21-26(22,23)18-13(19)4-3-5-14(18)20/h3-7,10-11,17,21H,8-9H2,1-2H3/t17-/m0/s1. The van der Waals surface area contributed by atoms with E-state index < -0.39 is 32.6 Å². The lowest BCUT2D eigenvalue weighted by Gasteiger charge is -2.25. The van der Waals surface area contributed by atoms with Crippen LogP contribution >= 0.6 is 0 Å². The summed E-state index contributed by atoms with van der Waals surface area (Å²) in [4.78, 5) is -0.983. The first kappa shape index (κ1) is 18.6. The molecule has 0 saturated carbocycles. The number of halogens is 2. The van der Waals surface area contributed by atoms with Crippen molar-refractivity contribution in [2.24, 2.45) is 5.92 Å². The van der Waals surface area contributed by atoms with E-state index in [1.165, 1.54) is 0 Å². The highest BCUT2D eigenvalue weighted by Crippen LogP contribution is 2.35. The van der Waals surface area contributed by atoms with E-state index >= 15 is 0 Å². The average Bonchev–Trinajstić information content (AvgIpc) is 2.59. The number of fused-ring (bicyclic) bond motifs is 1. The number of nitrogens with one attached hydrogen (secondary N) is 1. The smallest absolute Gasteiger partial charge is 0.246 e. The zero-order valence-electron chi connectivity index (χ0n) is 14.3. The lowest BCUT2D eigenvalue weighted by atomic mass is 9.97. The highest BCUT2D eigenvalue weighted by molar-refractivity contribution is 7.89. The Kier molecular flexibility index (Phi) is 5.15. The van der Waals surface area contributed by atoms with Gasteiger partial charge in [0.05, 0.1) is 0 Å². The number of rotatable bonds is 5. The average molecular weight is 383 g/mol. The number of hydrogen-bond donors (Lipinski definition) is 1. The first-order chi connectivity index (χ1) is 12.3. The van der Waals surface area contributed by atoms with Crippen LogP contribution in [0, 0.1) is 17.6 Å². The topological polar surface area (TPSA) is 64.6 Å². The van der Waals surface area contributed by atoms with Crippen molar-refractivity contribution in [1.82, 2.24) is 4.72 Å². The summed E-state index contributed by atoms with van der Waals surface area (Å²) in [5.74, 6) is -1.37. The predicted octanol–water partition coefficient (Wildman–Crippen LogP) is 3.41.